The van der Waals surface area contributed by atoms with Gasteiger partial charge in [0.25, 0.3) is 5.56 Å². The zero-order valence-electron chi connectivity index (χ0n) is 11.5. The maximum atomic E-state index is 12.6. The van der Waals surface area contributed by atoms with Gasteiger partial charge in [-0.25, -0.2) is 0 Å². The van der Waals surface area contributed by atoms with E-state index in [-0.39, 0.29) is 5.56 Å². The van der Waals surface area contributed by atoms with Gasteiger partial charge in [-0.1, -0.05) is 55.5 Å². The summed E-state index contributed by atoms with van der Waals surface area (Å²) in [7, 11) is 0. The molecule has 20 heavy (non-hydrogen) atoms. The standard InChI is InChI=1S/C18H17NO/c1-2-15-12-16-10-6-7-11-17(16)19(18(15)20)13-14-8-4-3-5-9-14/h3-12H,2,13H2,1H3. The molecule has 0 atom stereocenters. The number of aryl methyl sites for hydroxylation is 1. The minimum Gasteiger partial charge on any atom is -0.304 e. The summed E-state index contributed by atoms with van der Waals surface area (Å²) in [5.74, 6) is 0. The Hall–Kier alpha value is -2.35. The van der Waals surface area contributed by atoms with Crippen LogP contribution in [-0.2, 0) is 13.0 Å². The van der Waals surface area contributed by atoms with Crippen LogP contribution in [0.3, 0.4) is 0 Å². The molecule has 0 amide bonds. The van der Waals surface area contributed by atoms with Gasteiger partial charge in [-0.3, -0.25) is 4.79 Å². The number of nitrogens with zero attached hydrogens (tertiary/aromatic N) is 1. The van der Waals surface area contributed by atoms with Crippen LogP contribution in [-0.4, -0.2) is 4.57 Å². The van der Waals surface area contributed by atoms with Gasteiger partial charge in [-0.05, 0) is 29.5 Å². The molecule has 0 saturated heterocycles. The number of benzene rings is 2. The summed E-state index contributed by atoms with van der Waals surface area (Å²) in [5.41, 5.74) is 3.14. The summed E-state index contributed by atoms with van der Waals surface area (Å²) in [6.45, 7) is 2.65. The molecule has 0 bridgehead atoms. The molecule has 0 spiro atoms. The molecule has 0 fully saturated rings. The van der Waals surface area contributed by atoms with Crippen molar-refractivity contribution in [2.24, 2.45) is 0 Å². The smallest absolute Gasteiger partial charge is 0.254 e. The third kappa shape index (κ3) is 2.25. The number of fused-ring (bicyclic) bond motifs is 1. The fourth-order valence-electron chi connectivity index (χ4n) is 2.56. The van der Waals surface area contributed by atoms with E-state index in [2.05, 4.69) is 18.2 Å². The lowest BCUT2D eigenvalue weighted by atomic mass is 10.1. The Bertz CT molecular complexity index is 787. The second-order valence-electron chi connectivity index (χ2n) is 4.96. The number of hydrogen-bond acceptors (Lipinski definition) is 1. The molecule has 0 unspecified atom stereocenters. The van der Waals surface area contributed by atoms with Crippen LogP contribution in [0.5, 0.6) is 0 Å². The Balaban J connectivity index is 2.22. The molecule has 2 nitrogen and oxygen atoms in total. The van der Waals surface area contributed by atoms with Crippen LogP contribution in [0.25, 0.3) is 10.9 Å². The van der Waals surface area contributed by atoms with Gasteiger partial charge in [0.05, 0.1) is 12.1 Å². The molecular formula is C18H17NO. The predicted octanol–water partition coefficient (Wildman–Crippen LogP) is 3.61. The summed E-state index contributed by atoms with van der Waals surface area (Å²) in [6, 6.07) is 20.2. The largest absolute Gasteiger partial charge is 0.304 e. The maximum absolute atomic E-state index is 12.6. The normalized spacial score (nSPS) is 10.8. The summed E-state index contributed by atoms with van der Waals surface area (Å²) in [4.78, 5) is 12.6. The zero-order chi connectivity index (χ0) is 13.9. The molecular weight excluding hydrogens is 246 g/mol. The molecule has 0 aliphatic rings. The van der Waals surface area contributed by atoms with Crippen molar-refractivity contribution in [1.29, 1.82) is 0 Å². The monoisotopic (exact) mass is 263 g/mol. The van der Waals surface area contributed by atoms with Crippen molar-refractivity contribution < 1.29 is 0 Å². The number of para-hydroxylation sites is 1. The zero-order valence-corrected chi connectivity index (χ0v) is 11.5. The fourth-order valence-corrected chi connectivity index (χ4v) is 2.56. The second-order valence-corrected chi connectivity index (χ2v) is 4.96. The third-order valence-electron chi connectivity index (χ3n) is 3.64. The summed E-state index contributed by atoms with van der Waals surface area (Å²) in [5, 5.41) is 1.12. The highest BCUT2D eigenvalue weighted by Crippen LogP contribution is 2.15. The highest BCUT2D eigenvalue weighted by Gasteiger charge is 2.08. The molecule has 100 valence electrons. The molecule has 2 heteroatoms. The van der Waals surface area contributed by atoms with Gasteiger partial charge < -0.3 is 4.57 Å². The van der Waals surface area contributed by atoms with Crippen LogP contribution in [0, 0.1) is 0 Å². The Kier molecular flexibility index (Phi) is 3.38. The van der Waals surface area contributed by atoms with Gasteiger partial charge in [0.2, 0.25) is 0 Å². The molecule has 0 N–H and O–H groups in total. The SMILES string of the molecule is CCc1cc2ccccc2n(Cc2ccccc2)c1=O. The Morgan fingerprint density at radius 1 is 0.950 bits per heavy atom. The third-order valence-corrected chi connectivity index (χ3v) is 3.64. The first-order valence-corrected chi connectivity index (χ1v) is 6.95. The lowest BCUT2D eigenvalue weighted by Gasteiger charge is -2.12. The number of hydrogen-bond donors (Lipinski definition) is 0. The van der Waals surface area contributed by atoms with Crippen LogP contribution in [0.15, 0.2) is 65.5 Å². The number of rotatable bonds is 3. The van der Waals surface area contributed by atoms with Crippen LogP contribution < -0.4 is 5.56 Å². The average molecular weight is 263 g/mol. The Labute approximate surface area is 118 Å². The van der Waals surface area contributed by atoms with E-state index in [1.54, 1.807) is 0 Å². The first-order valence-electron chi connectivity index (χ1n) is 6.95. The van der Waals surface area contributed by atoms with E-state index in [0.717, 1.165) is 28.5 Å². The first-order chi connectivity index (χ1) is 9.79. The van der Waals surface area contributed by atoms with Crippen LogP contribution in [0.1, 0.15) is 18.1 Å². The van der Waals surface area contributed by atoms with Gasteiger partial charge in [-0.15, -0.1) is 0 Å². The highest BCUT2D eigenvalue weighted by molar-refractivity contribution is 5.79. The minimum atomic E-state index is 0.120. The van der Waals surface area contributed by atoms with Gasteiger partial charge >= 0.3 is 0 Å². The van der Waals surface area contributed by atoms with Crippen molar-refractivity contribution in [3.8, 4) is 0 Å². The second kappa shape index (κ2) is 5.33. The van der Waals surface area contributed by atoms with E-state index in [1.165, 1.54) is 0 Å². The highest BCUT2D eigenvalue weighted by atomic mass is 16.1. The lowest BCUT2D eigenvalue weighted by molar-refractivity contribution is 0.780. The summed E-state index contributed by atoms with van der Waals surface area (Å²) >= 11 is 0. The van der Waals surface area contributed by atoms with E-state index in [1.807, 2.05) is 54.0 Å². The van der Waals surface area contributed by atoms with Crippen LogP contribution in [0.2, 0.25) is 0 Å². The van der Waals surface area contributed by atoms with E-state index in [4.69, 9.17) is 0 Å². The maximum Gasteiger partial charge on any atom is 0.254 e. The van der Waals surface area contributed by atoms with Crippen molar-refractivity contribution >= 4 is 10.9 Å². The molecule has 1 aromatic heterocycles. The molecule has 1 heterocycles. The fraction of sp³-hybridized carbons (Fsp3) is 0.167. The molecule has 3 rings (SSSR count). The Morgan fingerprint density at radius 3 is 2.40 bits per heavy atom. The summed E-state index contributed by atoms with van der Waals surface area (Å²) in [6.07, 6.45) is 0.762. The van der Waals surface area contributed by atoms with Crippen LogP contribution >= 0.6 is 0 Å². The van der Waals surface area contributed by atoms with E-state index in [0.29, 0.717) is 6.54 Å². The van der Waals surface area contributed by atoms with Crippen molar-refractivity contribution in [2.75, 3.05) is 0 Å². The topological polar surface area (TPSA) is 22.0 Å². The van der Waals surface area contributed by atoms with E-state index >= 15 is 0 Å². The van der Waals surface area contributed by atoms with E-state index < -0.39 is 0 Å². The lowest BCUT2D eigenvalue weighted by Crippen LogP contribution is -2.24. The van der Waals surface area contributed by atoms with Gasteiger partial charge in [0.1, 0.15) is 0 Å². The summed E-state index contributed by atoms with van der Waals surface area (Å²) < 4.78 is 1.88. The number of aromatic nitrogens is 1. The predicted molar refractivity (Wildman–Crippen MR) is 83.1 cm³/mol. The van der Waals surface area contributed by atoms with Crippen molar-refractivity contribution in [3.05, 3.63) is 82.1 Å². The van der Waals surface area contributed by atoms with Crippen molar-refractivity contribution in [2.45, 2.75) is 19.9 Å². The first kappa shape index (κ1) is 12.7. The molecule has 0 aliphatic carbocycles. The average Bonchev–Trinajstić information content (AvgIpc) is 2.51. The van der Waals surface area contributed by atoms with Gasteiger partial charge in [0.15, 0.2) is 0 Å². The molecule has 0 radical (unpaired) electrons. The van der Waals surface area contributed by atoms with Crippen LogP contribution in [0.4, 0.5) is 0 Å². The van der Waals surface area contributed by atoms with Crippen molar-refractivity contribution in [3.63, 3.8) is 0 Å². The van der Waals surface area contributed by atoms with Gasteiger partial charge in [-0.2, -0.15) is 0 Å². The van der Waals surface area contributed by atoms with Gasteiger partial charge in [0, 0.05) is 5.56 Å². The molecule has 3 aromatic rings. The molecule has 2 aromatic carbocycles. The Morgan fingerprint density at radius 2 is 1.65 bits per heavy atom. The quantitative estimate of drug-likeness (QED) is 0.707. The molecule has 0 aliphatic heterocycles. The number of pyridine rings is 1. The molecule has 0 saturated carbocycles. The van der Waals surface area contributed by atoms with Crippen molar-refractivity contribution in [1.82, 2.24) is 4.57 Å². The minimum absolute atomic E-state index is 0.120. The van der Waals surface area contributed by atoms with E-state index in [9.17, 15) is 4.79 Å².